The monoisotopic (exact) mass is 346 g/mol. The van der Waals surface area contributed by atoms with Crippen molar-refractivity contribution in [1.82, 2.24) is 0 Å². The van der Waals surface area contributed by atoms with Crippen molar-refractivity contribution in [3.63, 3.8) is 0 Å². The van der Waals surface area contributed by atoms with Crippen LogP contribution in [0.4, 0.5) is 0 Å². The predicted octanol–water partition coefficient (Wildman–Crippen LogP) is 2.67. The highest BCUT2D eigenvalue weighted by Crippen LogP contribution is 2.23. The second kappa shape index (κ2) is 7.88. The molecule has 6 heteroatoms. The molecule has 0 spiro atoms. The van der Waals surface area contributed by atoms with Crippen molar-refractivity contribution >= 4 is 21.6 Å². The summed E-state index contributed by atoms with van der Waals surface area (Å²) in [5, 5.41) is -1.33. The van der Waals surface area contributed by atoms with Crippen LogP contribution in [0.5, 0.6) is 0 Å². The van der Waals surface area contributed by atoms with Crippen LogP contribution in [0, 0.1) is 0 Å². The largest absolute Gasteiger partial charge is 0.469 e. The van der Waals surface area contributed by atoms with Gasteiger partial charge in [-0.3, -0.25) is 9.59 Å². The summed E-state index contributed by atoms with van der Waals surface area (Å²) >= 11 is 0. The molecule has 0 bridgehead atoms. The summed E-state index contributed by atoms with van der Waals surface area (Å²) in [7, 11) is -2.69. The Labute approximate surface area is 141 Å². The topological polar surface area (TPSA) is 77.5 Å². The molecule has 0 heterocycles. The van der Waals surface area contributed by atoms with Crippen LogP contribution in [-0.2, 0) is 19.4 Å². The summed E-state index contributed by atoms with van der Waals surface area (Å²) in [5.41, 5.74) is 0.298. The first-order valence-electron chi connectivity index (χ1n) is 7.42. The average molecular weight is 346 g/mol. The number of carbonyl (C=O) groups is 2. The van der Waals surface area contributed by atoms with Gasteiger partial charge in [0, 0.05) is 12.0 Å². The van der Waals surface area contributed by atoms with E-state index in [4.69, 9.17) is 0 Å². The molecule has 0 fully saturated rings. The van der Waals surface area contributed by atoms with Gasteiger partial charge in [-0.25, -0.2) is 8.42 Å². The third-order valence-electron chi connectivity index (χ3n) is 3.64. The van der Waals surface area contributed by atoms with E-state index in [9.17, 15) is 18.0 Å². The molecule has 2 aromatic carbocycles. The van der Waals surface area contributed by atoms with E-state index in [0.717, 1.165) is 0 Å². The fourth-order valence-corrected chi connectivity index (χ4v) is 4.05. The molecule has 24 heavy (non-hydrogen) atoms. The number of carbonyl (C=O) groups excluding carboxylic acids is 2. The lowest BCUT2D eigenvalue weighted by atomic mass is 10.1. The molecule has 5 nitrogen and oxygen atoms in total. The minimum atomic E-state index is -3.91. The maximum absolute atomic E-state index is 12.9. The molecule has 0 N–H and O–H groups in total. The van der Waals surface area contributed by atoms with Gasteiger partial charge in [0.2, 0.25) is 0 Å². The van der Waals surface area contributed by atoms with E-state index in [2.05, 4.69) is 4.74 Å². The molecule has 0 amide bonds. The molecule has 0 aliphatic rings. The highest BCUT2D eigenvalue weighted by Gasteiger charge is 2.34. The normalized spacial score (nSPS) is 12.4. The molecule has 126 valence electrons. The number of Topliss-reactive ketones (excluding diaryl/α,β-unsaturated/α-hetero) is 1. The van der Waals surface area contributed by atoms with Crippen molar-refractivity contribution in [2.45, 2.75) is 23.0 Å². The first kappa shape index (κ1) is 17.9. The number of ketones is 1. The van der Waals surface area contributed by atoms with Crippen LogP contribution in [0.1, 0.15) is 23.2 Å². The zero-order valence-corrected chi connectivity index (χ0v) is 14.0. The van der Waals surface area contributed by atoms with Gasteiger partial charge in [0.05, 0.1) is 12.0 Å². The Kier molecular flexibility index (Phi) is 5.87. The molecule has 0 aliphatic heterocycles. The number of methoxy groups -OCH3 is 1. The lowest BCUT2D eigenvalue weighted by molar-refractivity contribution is -0.140. The summed E-state index contributed by atoms with van der Waals surface area (Å²) < 4.78 is 30.3. The summed E-state index contributed by atoms with van der Waals surface area (Å²) in [6, 6.07) is 16.0. The zero-order valence-electron chi connectivity index (χ0n) is 13.2. The number of hydrogen-bond acceptors (Lipinski definition) is 5. The quantitative estimate of drug-likeness (QED) is 0.569. The van der Waals surface area contributed by atoms with Crippen LogP contribution in [0.25, 0.3) is 0 Å². The van der Waals surface area contributed by atoms with Crippen molar-refractivity contribution in [3.05, 3.63) is 66.2 Å². The third-order valence-corrected chi connectivity index (χ3v) is 5.76. The van der Waals surface area contributed by atoms with E-state index < -0.39 is 26.8 Å². The molecule has 0 saturated carbocycles. The summed E-state index contributed by atoms with van der Waals surface area (Å²) in [6.45, 7) is 0. The standard InChI is InChI=1S/C18H18O5S/c1-23-17(19)13-12-16(18(20)14-8-4-2-5-9-14)24(21,22)15-10-6-3-7-11-15/h2-11,16H,12-13H2,1H3. The fraction of sp³-hybridized carbons (Fsp3) is 0.222. The molecule has 1 atom stereocenters. The fourth-order valence-electron chi connectivity index (χ4n) is 2.34. The summed E-state index contributed by atoms with van der Waals surface area (Å²) in [5.74, 6) is -1.08. The van der Waals surface area contributed by atoms with Gasteiger partial charge >= 0.3 is 5.97 Å². The Morgan fingerprint density at radius 3 is 2.04 bits per heavy atom. The van der Waals surface area contributed by atoms with Crippen molar-refractivity contribution in [2.75, 3.05) is 7.11 Å². The van der Waals surface area contributed by atoms with E-state index in [1.165, 1.54) is 19.2 Å². The average Bonchev–Trinajstić information content (AvgIpc) is 2.62. The first-order chi connectivity index (χ1) is 11.5. The number of ether oxygens (including phenoxy) is 1. The van der Waals surface area contributed by atoms with Crippen molar-refractivity contribution in [3.8, 4) is 0 Å². The Morgan fingerprint density at radius 2 is 1.50 bits per heavy atom. The number of esters is 1. The molecule has 2 rings (SSSR count). The number of sulfone groups is 1. The predicted molar refractivity (Wildman–Crippen MR) is 89.4 cm³/mol. The SMILES string of the molecule is COC(=O)CCC(C(=O)c1ccccc1)S(=O)(=O)c1ccccc1. The first-order valence-corrected chi connectivity index (χ1v) is 8.96. The molecule has 0 aliphatic carbocycles. The van der Waals surface area contributed by atoms with Crippen LogP contribution in [0.2, 0.25) is 0 Å². The lowest BCUT2D eigenvalue weighted by Gasteiger charge is -2.16. The van der Waals surface area contributed by atoms with Gasteiger partial charge in [-0.1, -0.05) is 48.5 Å². The second-order valence-corrected chi connectivity index (χ2v) is 7.32. The Balaban J connectivity index is 2.39. The lowest BCUT2D eigenvalue weighted by Crippen LogP contribution is -2.31. The van der Waals surface area contributed by atoms with E-state index in [0.29, 0.717) is 5.56 Å². The van der Waals surface area contributed by atoms with E-state index >= 15 is 0 Å². The van der Waals surface area contributed by atoms with Crippen LogP contribution in [0.15, 0.2) is 65.6 Å². The van der Waals surface area contributed by atoms with Gasteiger partial charge in [0.25, 0.3) is 0 Å². The van der Waals surface area contributed by atoms with Crippen molar-refractivity contribution in [2.24, 2.45) is 0 Å². The second-order valence-electron chi connectivity index (χ2n) is 5.19. The Hall–Kier alpha value is -2.47. The van der Waals surface area contributed by atoms with Crippen molar-refractivity contribution < 1.29 is 22.7 Å². The smallest absolute Gasteiger partial charge is 0.305 e. The molecule has 0 aromatic heterocycles. The minimum Gasteiger partial charge on any atom is -0.469 e. The highest BCUT2D eigenvalue weighted by molar-refractivity contribution is 7.92. The van der Waals surface area contributed by atoms with E-state index in [-0.39, 0.29) is 17.7 Å². The van der Waals surface area contributed by atoms with E-state index in [1.54, 1.807) is 48.5 Å². The minimum absolute atomic E-state index is 0.0594. The van der Waals surface area contributed by atoms with Gasteiger partial charge in [0.1, 0.15) is 5.25 Å². The molecular formula is C18H18O5S. The van der Waals surface area contributed by atoms with Gasteiger partial charge < -0.3 is 4.74 Å². The van der Waals surface area contributed by atoms with Gasteiger partial charge in [-0.15, -0.1) is 0 Å². The van der Waals surface area contributed by atoms with Crippen molar-refractivity contribution in [1.29, 1.82) is 0 Å². The molecular weight excluding hydrogens is 328 g/mol. The number of hydrogen-bond donors (Lipinski definition) is 0. The number of rotatable bonds is 7. The van der Waals surface area contributed by atoms with Gasteiger partial charge in [-0.2, -0.15) is 0 Å². The molecule has 0 saturated heterocycles. The van der Waals surface area contributed by atoms with Crippen LogP contribution in [-0.4, -0.2) is 32.5 Å². The zero-order chi connectivity index (χ0) is 17.6. The highest BCUT2D eigenvalue weighted by atomic mass is 32.2. The summed E-state index contributed by atoms with van der Waals surface area (Å²) in [4.78, 5) is 24.2. The molecule has 0 radical (unpaired) electrons. The maximum Gasteiger partial charge on any atom is 0.305 e. The van der Waals surface area contributed by atoms with Crippen LogP contribution < -0.4 is 0 Å². The Morgan fingerprint density at radius 1 is 0.958 bits per heavy atom. The molecule has 1 unspecified atom stereocenters. The Bertz CT molecular complexity index is 798. The van der Waals surface area contributed by atoms with Crippen LogP contribution in [0.3, 0.4) is 0 Å². The third kappa shape index (κ3) is 4.08. The number of benzene rings is 2. The van der Waals surface area contributed by atoms with Gasteiger partial charge in [0.15, 0.2) is 15.6 Å². The van der Waals surface area contributed by atoms with E-state index in [1.807, 2.05) is 0 Å². The van der Waals surface area contributed by atoms with Gasteiger partial charge in [-0.05, 0) is 18.6 Å². The maximum atomic E-state index is 12.9. The molecule has 2 aromatic rings. The van der Waals surface area contributed by atoms with Crippen LogP contribution >= 0.6 is 0 Å². The summed E-state index contributed by atoms with van der Waals surface area (Å²) in [6.07, 6.45) is -0.274.